The van der Waals surface area contributed by atoms with Crippen molar-refractivity contribution < 1.29 is 9.90 Å². The first-order valence-corrected chi connectivity index (χ1v) is 7.26. The van der Waals surface area contributed by atoms with Gasteiger partial charge in [0.05, 0.1) is 6.10 Å². The van der Waals surface area contributed by atoms with Crippen LogP contribution in [0.5, 0.6) is 0 Å². The van der Waals surface area contributed by atoms with Crippen molar-refractivity contribution in [2.45, 2.75) is 32.3 Å². The zero-order chi connectivity index (χ0) is 13.4. The molecule has 3 rings (SSSR count). The number of hydrogen-bond acceptors (Lipinski definition) is 2. The Hall–Kier alpha value is -1.35. The molecular formula is C16H21NO2. The number of aliphatic hydroxyl groups excluding tert-OH is 1. The number of aliphatic hydroxyl groups is 1. The van der Waals surface area contributed by atoms with Crippen LogP contribution in [0.1, 0.15) is 35.7 Å². The fourth-order valence-corrected chi connectivity index (χ4v) is 3.61. The summed E-state index contributed by atoms with van der Waals surface area (Å²) in [7, 11) is 0. The van der Waals surface area contributed by atoms with Crippen molar-refractivity contribution in [3.63, 3.8) is 0 Å². The molecule has 0 aromatic heterocycles. The van der Waals surface area contributed by atoms with Gasteiger partial charge in [-0.2, -0.15) is 0 Å². The molecule has 1 saturated heterocycles. The van der Waals surface area contributed by atoms with Crippen molar-refractivity contribution >= 4 is 5.91 Å². The summed E-state index contributed by atoms with van der Waals surface area (Å²) in [5.74, 6) is 0.949. The van der Waals surface area contributed by atoms with E-state index in [0.717, 1.165) is 43.5 Å². The van der Waals surface area contributed by atoms with Crippen LogP contribution < -0.4 is 0 Å². The van der Waals surface area contributed by atoms with E-state index < -0.39 is 0 Å². The van der Waals surface area contributed by atoms with Gasteiger partial charge in [0.15, 0.2) is 0 Å². The highest BCUT2D eigenvalue weighted by molar-refractivity contribution is 5.95. The predicted octanol–water partition coefficient (Wildman–Crippen LogP) is 2.09. The Bertz CT molecular complexity index is 485. The number of benzene rings is 1. The van der Waals surface area contributed by atoms with E-state index in [1.165, 1.54) is 0 Å². The zero-order valence-corrected chi connectivity index (χ0v) is 11.4. The molecule has 1 aromatic carbocycles. The molecule has 2 fully saturated rings. The largest absolute Gasteiger partial charge is 0.393 e. The van der Waals surface area contributed by atoms with Crippen molar-refractivity contribution in [3.8, 4) is 0 Å². The van der Waals surface area contributed by atoms with Gasteiger partial charge in [0.2, 0.25) is 0 Å². The summed E-state index contributed by atoms with van der Waals surface area (Å²) in [6.07, 6.45) is 2.64. The summed E-state index contributed by atoms with van der Waals surface area (Å²) in [6.45, 7) is 3.62. The van der Waals surface area contributed by atoms with Crippen LogP contribution in [0.15, 0.2) is 24.3 Å². The lowest BCUT2D eigenvalue weighted by molar-refractivity contribution is 0.0751. The van der Waals surface area contributed by atoms with Crippen molar-refractivity contribution in [3.05, 3.63) is 35.4 Å². The van der Waals surface area contributed by atoms with E-state index in [1.54, 1.807) is 0 Å². The number of likely N-dealkylation sites (tertiary alicyclic amines) is 1. The number of carbonyl (C=O) groups is 1. The average molecular weight is 259 g/mol. The molecule has 1 aromatic rings. The number of fused-ring (bicyclic) bond motifs is 1. The molecule has 19 heavy (non-hydrogen) atoms. The topological polar surface area (TPSA) is 40.5 Å². The van der Waals surface area contributed by atoms with Crippen LogP contribution in [0.4, 0.5) is 0 Å². The number of hydrogen-bond donors (Lipinski definition) is 1. The molecule has 1 amide bonds. The van der Waals surface area contributed by atoms with Crippen molar-refractivity contribution in [1.29, 1.82) is 0 Å². The van der Waals surface area contributed by atoms with E-state index in [1.807, 2.05) is 29.2 Å². The van der Waals surface area contributed by atoms with Gasteiger partial charge in [-0.15, -0.1) is 0 Å². The van der Waals surface area contributed by atoms with Crippen LogP contribution in [0.3, 0.4) is 0 Å². The highest BCUT2D eigenvalue weighted by atomic mass is 16.3. The van der Waals surface area contributed by atoms with Crippen LogP contribution in [0.25, 0.3) is 0 Å². The Morgan fingerprint density at radius 3 is 2.84 bits per heavy atom. The molecule has 1 heterocycles. The maximum absolute atomic E-state index is 12.6. The van der Waals surface area contributed by atoms with Crippen LogP contribution >= 0.6 is 0 Å². The summed E-state index contributed by atoms with van der Waals surface area (Å²) in [5, 5.41) is 9.93. The van der Waals surface area contributed by atoms with Crippen LogP contribution in [0.2, 0.25) is 0 Å². The first-order valence-electron chi connectivity index (χ1n) is 7.26. The number of amides is 1. The van der Waals surface area contributed by atoms with E-state index in [-0.39, 0.29) is 12.0 Å². The van der Waals surface area contributed by atoms with Crippen molar-refractivity contribution in [2.24, 2.45) is 11.8 Å². The monoisotopic (exact) mass is 259 g/mol. The summed E-state index contributed by atoms with van der Waals surface area (Å²) < 4.78 is 0. The van der Waals surface area contributed by atoms with Gasteiger partial charge >= 0.3 is 0 Å². The Labute approximate surface area is 114 Å². The molecule has 1 saturated carbocycles. The van der Waals surface area contributed by atoms with Gasteiger partial charge in [0.25, 0.3) is 5.91 Å². The lowest BCUT2D eigenvalue weighted by Gasteiger charge is -2.20. The van der Waals surface area contributed by atoms with Gasteiger partial charge in [0, 0.05) is 24.6 Å². The SMILES string of the molecule is CCc1ccccc1C(=O)N1CC2CCC(O)C2C1. The lowest BCUT2D eigenvalue weighted by Crippen LogP contribution is -2.31. The molecule has 1 aliphatic carbocycles. The average Bonchev–Trinajstić information content (AvgIpc) is 3.00. The Morgan fingerprint density at radius 2 is 2.11 bits per heavy atom. The Kier molecular flexibility index (Phi) is 3.31. The minimum Gasteiger partial charge on any atom is -0.393 e. The normalized spacial score (nSPS) is 29.6. The number of carbonyl (C=O) groups excluding carboxylic acids is 1. The van der Waals surface area contributed by atoms with Crippen LogP contribution in [-0.4, -0.2) is 35.1 Å². The summed E-state index contributed by atoms with van der Waals surface area (Å²) in [5.41, 5.74) is 1.95. The molecule has 3 heteroatoms. The Balaban J connectivity index is 1.78. The summed E-state index contributed by atoms with van der Waals surface area (Å²) >= 11 is 0. The van der Waals surface area contributed by atoms with Gasteiger partial charge < -0.3 is 10.0 Å². The standard InChI is InChI=1S/C16H21NO2/c1-2-11-5-3-4-6-13(11)16(19)17-9-12-7-8-15(18)14(12)10-17/h3-6,12,14-15,18H,2,7-10H2,1H3. The molecular weight excluding hydrogens is 238 g/mol. The molecule has 0 spiro atoms. The highest BCUT2D eigenvalue weighted by Crippen LogP contribution is 2.38. The number of aryl methyl sites for hydroxylation is 1. The lowest BCUT2D eigenvalue weighted by atomic mass is 10.00. The fraction of sp³-hybridized carbons (Fsp3) is 0.562. The quantitative estimate of drug-likeness (QED) is 0.883. The molecule has 0 bridgehead atoms. The molecule has 3 nitrogen and oxygen atoms in total. The van der Waals surface area contributed by atoms with Gasteiger partial charge in [-0.05, 0) is 36.8 Å². The molecule has 2 aliphatic rings. The second-order valence-electron chi connectivity index (χ2n) is 5.79. The van der Waals surface area contributed by atoms with E-state index in [9.17, 15) is 9.90 Å². The maximum atomic E-state index is 12.6. The van der Waals surface area contributed by atoms with Gasteiger partial charge in [-0.3, -0.25) is 4.79 Å². The predicted molar refractivity (Wildman–Crippen MR) is 73.9 cm³/mol. The zero-order valence-electron chi connectivity index (χ0n) is 11.4. The van der Waals surface area contributed by atoms with Gasteiger partial charge in [0.1, 0.15) is 0 Å². The van der Waals surface area contributed by atoms with Crippen LogP contribution in [0, 0.1) is 11.8 Å². The minimum atomic E-state index is -0.204. The first-order chi connectivity index (χ1) is 9.20. The fourth-order valence-electron chi connectivity index (χ4n) is 3.61. The molecule has 3 unspecified atom stereocenters. The van der Waals surface area contributed by atoms with E-state index in [4.69, 9.17) is 0 Å². The molecule has 1 N–H and O–H groups in total. The van der Waals surface area contributed by atoms with Crippen molar-refractivity contribution in [1.82, 2.24) is 4.90 Å². The Morgan fingerprint density at radius 1 is 1.32 bits per heavy atom. The van der Waals surface area contributed by atoms with Gasteiger partial charge in [-0.25, -0.2) is 0 Å². The van der Waals surface area contributed by atoms with E-state index in [2.05, 4.69) is 6.92 Å². The third kappa shape index (κ3) is 2.16. The smallest absolute Gasteiger partial charge is 0.254 e. The molecule has 3 atom stereocenters. The third-order valence-electron chi connectivity index (χ3n) is 4.73. The second kappa shape index (κ2) is 4.97. The minimum absolute atomic E-state index is 0.138. The van der Waals surface area contributed by atoms with Gasteiger partial charge in [-0.1, -0.05) is 25.1 Å². The number of nitrogens with zero attached hydrogens (tertiary/aromatic N) is 1. The second-order valence-corrected chi connectivity index (χ2v) is 5.79. The van der Waals surface area contributed by atoms with Crippen LogP contribution in [-0.2, 0) is 6.42 Å². The molecule has 102 valence electrons. The number of rotatable bonds is 2. The highest BCUT2D eigenvalue weighted by Gasteiger charge is 2.43. The van der Waals surface area contributed by atoms with Crippen molar-refractivity contribution in [2.75, 3.05) is 13.1 Å². The van der Waals surface area contributed by atoms with E-state index in [0.29, 0.717) is 11.8 Å². The molecule has 1 aliphatic heterocycles. The maximum Gasteiger partial charge on any atom is 0.254 e. The third-order valence-corrected chi connectivity index (χ3v) is 4.73. The van der Waals surface area contributed by atoms with E-state index >= 15 is 0 Å². The molecule has 0 radical (unpaired) electrons. The summed E-state index contributed by atoms with van der Waals surface area (Å²) in [6, 6.07) is 7.86. The summed E-state index contributed by atoms with van der Waals surface area (Å²) in [4.78, 5) is 14.5. The first kappa shape index (κ1) is 12.7.